The summed E-state index contributed by atoms with van der Waals surface area (Å²) in [5, 5.41) is 10.0. The summed E-state index contributed by atoms with van der Waals surface area (Å²) in [5.74, 6) is -0.723. The van der Waals surface area contributed by atoms with Crippen LogP contribution in [0.25, 0.3) is 0 Å². The van der Waals surface area contributed by atoms with E-state index in [0.717, 1.165) is 5.56 Å². The van der Waals surface area contributed by atoms with Crippen molar-refractivity contribution in [3.05, 3.63) is 35.9 Å². The van der Waals surface area contributed by atoms with Gasteiger partial charge in [0.2, 0.25) is 0 Å². The summed E-state index contributed by atoms with van der Waals surface area (Å²) in [6.45, 7) is 2.13. The minimum atomic E-state index is -0.744. The van der Waals surface area contributed by atoms with E-state index in [-0.39, 0.29) is 25.2 Å². The van der Waals surface area contributed by atoms with Gasteiger partial charge in [0.25, 0.3) is 0 Å². The maximum atomic E-state index is 12.4. The molecule has 2 unspecified atom stereocenters. The number of nitrogens with zero attached hydrogens (tertiary/aromatic N) is 1. The SMILES string of the molecule is CCOC(=O)[C@H]1C2CC(C[C@H]2O)N1C(=O)OCc1ccccc1. The quantitative estimate of drug-likeness (QED) is 0.855. The van der Waals surface area contributed by atoms with E-state index in [2.05, 4.69) is 0 Å². The van der Waals surface area contributed by atoms with Gasteiger partial charge in [0.05, 0.1) is 12.7 Å². The summed E-state index contributed by atoms with van der Waals surface area (Å²) < 4.78 is 10.4. The third kappa shape index (κ3) is 3.03. The Kier molecular flexibility index (Phi) is 4.52. The average molecular weight is 319 g/mol. The molecule has 0 spiro atoms. The highest BCUT2D eigenvalue weighted by molar-refractivity contribution is 5.83. The number of aliphatic hydroxyl groups excluding tert-OH is 1. The first-order chi connectivity index (χ1) is 11.1. The number of hydrogen-bond acceptors (Lipinski definition) is 5. The van der Waals surface area contributed by atoms with Crippen LogP contribution < -0.4 is 0 Å². The Balaban J connectivity index is 1.69. The van der Waals surface area contributed by atoms with E-state index in [9.17, 15) is 14.7 Å². The van der Waals surface area contributed by atoms with Gasteiger partial charge in [0.1, 0.15) is 12.6 Å². The third-order valence-corrected chi connectivity index (χ3v) is 4.59. The van der Waals surface area contributed by atoms with Gasteiger partial charge in [0, 0.05) is 12.0 Å². The number of piperidine rings is 1. The summed E-state index contributed by atoms with van der Waals surface area (Å²) in [7, 11) is 0. The predicted octanol–water partition coefficient (Wildman–Crippen LogP) is 1.71. The van der Waals surface area contributed by atoms with Crippen LogP contribution in [0.2, 0.25) is 0 Å². The van der Waals surface area contributed by atoms with Crippen LogP contribution in [0.1, 0.15) is 25.3 Å². The minimum Gasteiger partial charge on any atom is -0.464 e. The number of ether oxygens (including phenoxy) is 2. The van der Waals surface area contributed by atoms with Gasteiger partial charge in [-0.1, -0.05) is 30.3 Å². The van der Waals surface area contributed by atoms with Gasteiger partial charge in [-0.2, -0.15) is 0 Å². The Labute approximate surface area is 135 Å². The predicted molar refractivity (Wildman–Crippen MR) is 81.4 cm³/mol. The van der Waals surface area contributed by atoms with Gasteiger partial charge >= 0.3 is 12.1 Å². The number of carbonyl (C=O) groups excluding carboxylic acids is 2. The molecule has 6 nitrogen and oxygen atoms in total. The number of hydrogen-bond donors (Lipinski definition) is 1. The molecule has 4 atom stereocenters. The molecule has 2 aliphatic rings. The molecule has 1 aliphatic heterocycles. The minimum absolute atomic E-state index is 0.158. The molecule has 1 amide bonds. The van der Waals surface area contributed by atoms with Gasteiger partial charge < -0.3 is 14.6 Å². The molecule has 1 N–H and O–H groups in total. The molecule has 1 saturated carbocycles. The molecule has 0 radical (unpaired) electrons. The molecule has 1 aromatic rings. The zero-order valence-electron chi connectivity index (χ0n) is 13.1. The monoisotopic (exact) mass is 319 g/mol. The fourth-order valence-corrected chi connectivity index (χ4v) is 3.59. The smallest absolute Gasteiger partial charge is 0.411 e. The molecule has 2 fully saturated rings. The van der Waals surface area contributed by atoms with Gasteiger partial charge in [-0.25, -0.2) is 9.59 Å². The average Bonchev–Trinajstić information content (AvgIpc) is 3.10. The fraction of sp³-hybridized carbons (Fsp3) is 0.529. The maximum Gasteiger partial charge on any atom is 0.411 e. The van der Waals surface area contributed by atoms with Crippen molar-refractivity contribution in [2.45, 2.75) is 44.6 Å². The van der Waals surface area contributed by atoms with Gasteiger partial charge in [-0.15, -0.1) is 0 Å². The number of likely N-dealkylation sites (tertiary alicyclic amines) is 1. The molecular formula is C17H21NO5. The Morgan fingerprint density at radius 1 is 1.22 bits per heavy atom. The number of benzene rings is 1. The molecule has 0 aromatic heterocycles. The van der Waals surface area contributed by atoms with E-state index in [1.54, 1.807) is 6.92 Å². The summed E-state index contributed by atoms with van der Waals surface area (Å²) in [6.07, 6.45) is 0.0189. The molecule has 124 valence electrons. The van der Waals surface area contributed by atoms with Crippen LogP contribution in [0.5, 0.6) is 0 Å². The number of fused-ring (bicyclic) bond motifs is 2. The van der Waals surface area contributed by atoms with Crippen molar-refractivity contribution >= 4 is 12.1 Å². The van der Waals surface area contributed by atoms with Crippen molar-refractivity contribution in [1.82, 2.24) is 4.90 Å². The highest BCUT2D eigenvalue weighted by Gasteiger charge is 2.56. The topological polar surface area (TPSA) is 76.1 Å². The lowest BCUT2D eigenvalue weighted by Crippen LogP contribution is -2.53. The lowest BCUT2D eigenvalue weighted by atomic mass is 9.96. The zero-order chi connectivity index (χ0) is 16.4. The number of esters is 1. The van der Waals surface area contributed by atoms with Crippen LogP contribution in [0, 0.1) is 5.92 Å². The number of amides is 1. The molecule has 6 heteroatoms. The molecular weight excluding hydrogens is 298 g/mol. The summed E-state index contributed by atoms with van der Waals surface area (Å²) >= 11 is 0. The van der Waals surface area contributed by atoms with Crippen molar-refractivity contribution < 1.29 is 24.2 Å². The van der Waals surface area contributed by atoms with Crippen LogP contribution in [-0.4, -0.2) is 46.9 Å². The highest BCUT2D eigenvalue weighted by Crippen LogP contribution is 2.43. The van der Waals surface area contributed by atoms with E-state index in [0.29, 0.717) is 12.8 Å². The third-order valence-electron chi connectivity index (χ3n) is 4.59. The van der Waals surface area contributed by atoms with Crippen molar-refractivity contribution in [2.24, 2.45) is 5.92 Å². The van der Waals surface area contributed by atoms with Crippen molar-refractivity contribution in [3.8, 4) is 0 Å². The fourth-order valence-electron chi connectivity index (χ4n) is 3.59. The second-order valence-corrected chi connectivity index (χ2v) is 6.00. The van der Waals surface area contributed by atoms with Gasteiger partial charge in [-0.05, 0) is 25.3 Å². The Hall–Kier alpha value is -2.08. The highest BCUT2D eigenvalue weighted by atomic mass is 16.6. The largest absolute Gasteiger partial charge is 0.464 e. The molecule has 1 aliphatic carbocycles. The molecule has 1 saturated heterocycles. The lowest BCUT2D eigenvalue weighted by Gasteiger charge is -2.34. The van der Waals surface area contributed by atoms with E-state index >= 15 is 0 Å². The molecule has 1 heterocycles. The van der Waals surface area contributed by atoms with Gasteiger partial charge in [0.15, 0.2) is 0 Å². The first kappa shape index (κ1) is 15.8. The Bertz CT molecular complexity index is 576. The summed E-state index contributed by atoms with van der Waals surface area (Å²) in [5.41, 5.74) is 0.887. The van der Waals surface area contributed by atoms with Crippen LogP contribution >= 0.6 is 0 Å². The Morgan fingerprint density at radius 3 is 2.65 bits per heavy atom. The lowest BCUT2D eigenvalue weighted by molar-refractivity contribution is -0.152. The maximum absolute atomic E-state index is 12.4. The van der Waals surface area contributed by atoms with Crippen LogP contribution in [-0.2, 0) is 20.9 Å². The van der Waals surface area contributed by atoms with Crippen molar-refractivity contribution in [1.29, 1.82) is 0 Å². The van der Waals surface area contributed by atoms with Crippen LogP contribution in [0.4, 0.5) is 4.79 Å². The normalized spacial score (nSPS) is 28.7. The first-order valence-electron chi connectivity index (χ1n) is 7.95. The second-order valence-electron chi connectivity index (χ2n) is 6.00. The summed E-state index contributed by atoms with van der Waals surface area (Å²) in [4.78, 5) is 26.1. The van der Waals surface area contributed by atoms with Crippen LogP contribution in [0.3, 0.4) is 0 Å². The van der Waals surface area contributed by atoms with Crippen molar-refractivity contribution in [2.75, 3.05) is 6.61 Å². The number of rotatable bonds is 4. The number of aliphatic hydroxyl groups is 1. The summed E-state index contributed by atoms with van der Waals surface area (Å²) in [6, 6.07) is 8.48. The van der Waals surface area contributed by atoms with E-state index in [1.165, 1.54) is 4.90 Å². The van der Waals surface area contributed by atoms with E-state index < -0.39 is 24.2 Å². The Morgan fingerprint density at radius 2 is 1.96 bits per heavy atom. The van der Waals surface area contributed by atoms with Gasteiger partial charge in [-0.3, -0.25) is 4.90 Å². The van der Waals surface area contributed by atoms with E-state index in [4.69, 9.17) is 9.47 Å². The second kappa shape index (κ2) is 6.58. The van der Waals surface area contributed by atoms with E-state index in [1.807, 2.05) is 30.3 Å². The zero-order valence-corrected chi connectivity index (χ0v) is 13.1. The molecule has 3 rings (SSSR count). The van der Waals surface area contributed by atoms with Crippen molar-refractivity contribution in [3.63, 3.8) is 0 Å². The number of carbonyl (C=O) groups is 2. The molecule has 23 heavy (non-hydrogen) atoms. The van der Waals surface area contributed by atoms with Crippen LogP contribution in [0.15, 0.2) is 30.3 Å². The first-order valence-corrected chi connectivity index (χ1v) is 7.95. The molecule has 1 aromatic carbocycles. The standard InChI is InChI=1S/C17H21NO5/c1-2-22-16(20)15-13-8-12(9-14(13)19)18(15)17(21)23-10-11-6-4-3-5-7-11/h3-7,12-15,19H,2,8-10H2,1H3/t12?,13?,14-,15-/m1/s1. The molecule has 2 bridgehead atoms.